The van der Waals surface area contributed by atoms with Crippen LogP contribution < -0.4 is 4.90 Å². The highest BCUT2D eigenvalue weighted by molar-refractivity contribution is 7.19. The van der Waals surface area contributed by atoms with Crippen molar-refractivity contribution in [1.29, 1.82) is 0 Å². The van der Waals surface area contributed by atoms with Crippen LogP contribution in [0.2, 0.25) is 0 Å². The summed E-state index contributed by atoms with van der Waals surface area (Å²) >= 11 is 1.01. The van der Waals surface area contributed by atoms with Crippen LogP contribution >= 0.6 is 11.3 Å². The number of aryl methyl sites for hydroxylation is 2. The summed E-state index contributed by atoms with van der Waals surface area (Å²) in [7, 11) is 3.36. The van der Waals surface area contributed by atoms with E-state index in [2.05, 4.69) is 28.9 Å². The number of rotatable bonds is 5. The minimum absolute atomic E-state index is 0.0669. The van der Waals surface area contributed by atoms with Gasteiger partial charge in [0, 0.05) is 31.4 Å². The number of halogens is 3. The first-order chi connectivity index (χ1) is 13.1. The molecule has 0 fully saturated rings. The van der Waals surface area contributed by atoms with E-state index >= 15 is 0 Å². The van der Waals surface area contributed by atoms with Gasteiger partial charge in [-0.3, -0.25) is 0 Å². The highest BCUT2D eigenvalue weighted by Crippen LogP contribution is 2.45. The first-order valence-electron chi connectivity index (χ1n) is 9.21. The van der Waals surface area contributed by atoms with Crippen LogP contribution in [-0.2, 0) is 6.18 Å². The molecule has 0 aliphatic carbocycles. The average molecular weight is 411 g/mol. The van der Waals surface area contributed by atoms with Crippen molar-refractivity contribution in [2.45, 2.75) is 52.6 Å². The molecule has 0 N–H and O–H groups in total. The fraction of sp³-hybridized carbons (Fsp3) is 0.526. The highest BCUT2D eigenvalue weighted by Gasteiger charge is 2.39. The van der Waals surface area contributed by atoms with Gasteiger partial charge in [-0.25, -0.2) is 14.5 Å². The lowest BCUT2D eigenvalue weighted by atomic mass is 9.98. The van der Waals surface area contributed by atoms with Crippen molar-refractivity contribution in [2.24, 2.45) is 0 Å². The number of thiazole rings is 1. The second kappa shape index (κ2) is 7.35. The number of hydrogen-bond acceptors (Lipinski definition) is 5. The highest BCUT2D eigenvalue weighted by atomic mass is 32.1. The van der Waals surface area contributed by atoms with Crippen molar-refractivity contribution in [3.63, 3.8) is 0 Å². The van der Waals surface area contributed by atoms with Gasteiger partial charge in [-0.1, -0.05) is 25.2 Å². The molecule has 3 aromatic rings. The number of fused-ring (bicyclic) bond motifs is 1. The number of aromatic nitrogens is 4. The number of anilines is 1. The topological polar surface area (TPSA) is 46.3 Å². The number of alkyl halides is 3. The Morgan fingerprint density at radius 1 is 1.14 bits per heavy atom. The van der Waals surface area contributed by atoms with Crippen molar-refractivity contribution in [1.82, 2.24) is 19.6 Å². The lowest BCUT2D eigenvalue weighted by Crippen LogP contribution is -2.11. The molecular formula is C19H24F3N5S. The van der Waals surface area contributed by atoms with Crippen LogP contribution in [0.25, 0.3) is 16.1 Å². The Morgan fingerprint density at radius 2 is 1.79 bits per heavy atom. The molecule has 0 aromatic carbocycles. The van der Waals surface area contributed by atoms with E-state index in [1.807, 2.05) is 13.0 Å². The fourth-order valence-corrected chi connectivity index (χ4v) is 4.50. The molecule has 3 heterocycles. The summed E-state index contributed by atoms with van der Waals surface area (Å²) in [6.07, 6.45) is -2.71. The molecule has 3 aromatic heterocycles. The molecule has 0 saturated carbocycles. The summed E-state index contributed by atoms with van der Waals surface area (Å²) in [5, 5.41) is 4.88. The Bertz CT molecular complexity index is 999. The number of nitrogens with zero attached hydrogens (tertiary/aromatic N) is 5. The van der Waals surface area contributed by atoms with Gasteiger partial charge in [-0.2, -0.15) is 18.3 Å². The Morgan fingerprint density at radius 3 is 2.32 bits per heavy atom. The predicted molar refractivity (Wildman–Crippen MR) is 106 cm³/mol. The summed E-state index contributed by atoms with van der Waals surface area (Å²) < 4.78 is 42.9. The molecule has 9 heteroatoms. The number of hydrogen-bond donors (Lipinski definition) is 0. The quantitative estimate of drug-likeness (QED) is 0.559. The summed E-state index contributed by atoms with van der Waals surface area (Å²) in [4.78, 5) is 10.1. The van der Waals surface area contributed by atoms with Gasteiger partial charge in [0.15, 0.2) is 16.5 Å². The van der Waals surface area contributed by atoms with Crippen LogP contribution in [0.3, 0.4) is 0 Å². The Labute approximate surface area is 166 Å². The third-order valence-corrected chi connectivity index (χ3v) is 6.06. The van der Waals surface area contributed by atoms with Gasteiger partial charge >= 0.3 is 6.18 Å². The van der Waals surface area contributed by atoms with E-state index in [0.717, 1.165) is 35.6 Å². The molecule has 152 valence electrons. The van der Waals surface area contributed by atoms with Crippen LogP contribution in [0, 0.1) is 13.8 Å². The zero-order chi connectivity index (χ0) is 20.8. The first-order valence-corrected chi connectivity index (χ1v) is 10.0. The average Bonchev–Trinajstić information content (AvgIpc) is 3.16. The SMILES string of the molecule is CCC(CC)c1cc(C)nc2c(-c3sc(N(C)C)nc3C(F)(F)F)c(C)nn12. The minimum atomic E-state index is -4.55. The minimum Gasteiger partial charge on any atom is -0.354 e. The maximum Gasteiger partial charge on any atom is 0.434 e. The fourth-order valence-electron chi connectivity index (χ4n) is 3.40. The zero-order valence-corrected chi connectivity index (χ0v) is 17.7. The molecule has 0 bridgehead atoms. The molecule has 0 saturated heterocycles. The molecule has 0 aliphatic rings. The smallest absolute Gasteiger partial charge is 0.354 e. The monoisotopic (exact) mass is 411 g/mol. The molecule has 5 nitrogen and oxygen atoms in total. The van der Waals surface area contributed by atoms with Crippen molar-refractivity contribution < 1.29 is 13.2 Å². The molecule has 0 amide bonds. The van der Waals surface area contributed by atoms with Gasteiger partial charge in [-0.05, 0) is 32.8 Å². The van der Waals surface area contributed by atoms with E-state index in [0.29, 0.717) is 22.0 Å². The summed E-state index contributed by atoms with van der Waals surface area (Å²) in [5.41, 5.74) is 2.25. The Kier molecular flexibility index (Phi) is 5.40. The molecule has 0 spiro atoms. The van der Waals surface area contributed by atoms with Gasteiger partial charge in [0.25, 0.3) is 0 Å². The van der Waals surface area contributed by atoms with E-state index in [4.69, 9.17) is 0 Å². The predicted octanol–water partition coefficient (Wildman–Crippen LogP) is 5.46. The molecule has 0 radical (unpaired) electrons. The summed E-state index contributed by atoms with van der Waals surface area (Å²) in [6, 6.07) is 1.98. The van der Waals surface area contributed by atoms with Gasteiger partial charge in [-0.15, -0.1) is 0 Å². The second-order valence-electron chi connectivity index (χ2n) is 7.10. The lowest BCUT2D eigenvalue weighted by molar-refractivity contribution is -0.140. The normalized spacial score (nSPS) is 12.4. The Hall–Kier alpha value is -2.16. The van der Waals surface area contributed by atoms with Crippen LogP contribution in [-0.4, -0.2) is 33.7 Å². The maximum atomic E-state index is 13.7. The third-order valence-electron chi connectivity index (χ3n) is 4.82. The van der Waals surface area contributed by atoms with E-state index in [9.17, 15) is 13.2 Å². The summed E-state index contributed by atoms with van der Waals surface area (Å²) in [6.45, 7) is 7.79. The molecule has 28 heavy (non-hydrogen) atoms. The molecule has 0 unspecified atom stereocenters. The maximum absolute atomic E-state index is 13.7. The van der Waals surface area contributed by atoms with E-state index in [-0.39, 0.29) is 10.8 Å². The molecular weight excluding hydrogens is 387 g/mol. The van der Waals surface area contributed by atoms with Crippen LogP contribution in [0.1, 0.15) is 55.4 Å². The van der Waals surface area contributed by atoms with Gasteiger partial charge < -0.3 is 4.90 Å². The van der Waals surface area contributed by atoms with Crippen LogP contribution in [0.4, 0.5) is 18.3 Å². The largest absolute Gasteiger partial charge is 0.434 e. The molecule has 0 atom stereocenters. The van der Waals surface area contributed by atoms with Crippen molar-refractivity contribution in [3.8, 4) is 10.4 Å². The zero-order valence-electron chi connectivity index (χ0n) is 16.8. The summed E-state index contributed by atoms with van der Waals surface area (Å²) in [5.74, 6) is 0.261. The standard InChI is InChI=1S/C19H24F3N5S/c1-7-12(8-2)13-9-10(3)23-17-14(11(4)25-27(13)17)15-16(19(20,21)22)24-18(28-15)26(5)6/h9,12H,7-8H2,1-6H3. The van der Waals surface area contributed by atoms with Gasteiger partial charge in [0.2, 0.25) is 0 Å². The van der Waals surface area contributed by atoms with Crippen LogP contribution in [0.5, 0.6) is 0 Å². The van der Waals surface area contributed by atoms with E-state index in [1.54, 1.807) is 30.4 Å². The molecule has 0 aliphatic heterocycles. The third kappa shape index (κ3) is 3.47. The van der Waals surface area contributed by atoms with Crippen molar-refractivity contribution in [2.75, 3.05) is 19.0 Å². The van der Waals surface area contributed by atoms with Crippen molar-refractivity contribution >= 4 is 22.1 Å². The van der Waals surface area contributed by atoms with E-state index in [1.165, 1.54) is 0 Å². The first kappa shape index (κ1) is 20.6. The van der Waals surface area contributed by atoms with Gasteiger partial charge in [0.1, 0.15) is 0 Å². The second-order valence-corrected chi connectivity index (χ2v) is 8.08. The molecule has 3 rings (SSSR count). The Balaban J connectivity index is 2.35. The van der Waals surface area contributed by atoms with Gasteiger partial charge in [0.05, 0.1) is 16.1 Å². The lowest BCUT2D eigenvalue weighted by Gasteiger charge is -2.15. The van der Waals surface area contributed by atoms with Crippen LogP contribution in [0.15, 0.2) is 6.07 Å². The van der Waals surface area contributed by atoms with E-state index < -0.39 is 11.9 Å². The van der Waals surface area contributed by atoms with Crippen molar-refractivity contribution in [3.05, 3.63) is 28.8 Å².